The molecular formula is C15H18N4O4S2. The van der Waals surface area contributed by atoms with Crippen molar-refractivity contribution in [2.75, 3.05) is 24.4 Å². The first-order valence-electron chi connectivity index (χ1n) is 7.64. The Morgan fingerprint density at radius 1 is 1.40 bits per heavy atom. The Bertz CT molecular complexity index is 849. The maximum Gasteiger partial charge on any atom is 0.230 e. The van der Waals surface area contributed by atoms with Gasteiger partial charge in [0, 0.05) is 11.7 Å². The van der Waals surface area contributed by atoms with Crippen LogP contribution in [-0.2, 0) is 14.6 Å². The third kappa shape index (κ3) is 4.51. The van der Waals surface area contributed by atoms with Crippen LogP contribution >= 0.6 is 11.8 Å². The number of carbonyl (C=O) groups excluding carboxylic acids is 1. The smallest absolute Gasteiger partial charge is 0.230 e. The van der Waals surface area contributed by atoms with Gasteiger partial charge in [0.25, 0.3) is 0 Å². The minimum atomic E-state index is -3.01. The number of ether oxygens (including phenoxy) is 1. The summed E-state index contributed by atoms with van der Waals surface area (Å²) in [5.74, 6) is 0.835. The van der Waals surface area contributed by atoms with E-state index in [-0.39, 0.29) is 29.2 Å². The van der Waals surface area contributed by atoms with Crippen LogP contribution in [0.2, 0.25) is 0 Å². The molecule has 1 aliphatic rings. The molecule has 1 amide bonds. The molecule has 0 saturated carbocycles. The Balaban J connectivity index is 1.58. The summed E-state index contributed by atoms with van der Waals surface area (Å²) in [5.41, 5.74) is 0.857. The van der Waals surface area contributed by atoms with Gasteiger partial charge in [0.05, 0.1) is 24.4 Å². The first-order valence-corrected chi connectivity index (χ1v) is 10.4. The van der Waals surface area contributed by atoms with Crippen LogP contribution in [0, 0.1) is 0 Å². The van der Waals surface area contributed by atoms with E-state index in [1.54, 1.807) is 18.0 Å². The number of sulfone groups is 1. The van der Waals surface area contributed by atoms with Crippen molar-refractivity contribution in [3.8, 4) is 11.4 Å². The van der Waals surface area contributed by atoms with Gasteiger partial charge in [0.1, 0.15) is 12.1 Å². The Hall–Kier alpha value is -2.07. The highest BCUT2D eigenvalue weighted by Crippen LogP contribution is 2.21. The number of thioether (sulfide) groups is 1. The summed E-state index contributed by atoms with van der Waals surface area (Å²) in [4.78, 5) is 12.0. The molecule has 0 radical (unpaired) electrons. The van der Waals surface area contributed by atoms with Gasteiger partial charge in [-0.15, -0.1) is 10.2 Å². The van der Waals surface area contributed by atoms with E-state index in [2.05, 4.69) is 15.5 Å². The van der Waals surface area contributed by atoms with E-state index in [9.17, 15) is 13.2 Å². The van der Waals surface area contributed by atoms with Crippen molar-refractivity contribution in [1.82, 2.24) is 20.1 Å². The minimum Gasteiger partial charge on any atom is -0.497 e. The van der Waals surface area contributed by atoms with Crippen molar-refractivity contribution in [3.63, 3.8) is 0 Å². The van der Waals surface area contributed by atoms with Crippen LogP contribution in [0.25, 0.3) is 5.69 Å². The molecule has 25 heavy (non-hydrogen) atoms. The van der Waals surface area contributed by atoms with Crippen molar-refractivity contribution in [2.24, 2.45) is 0 Å². The molecule has 1 fully saturated rings. The summed E-state index contributed by atoms with van der Waals surface area (Å²) in [6.07, 6.45) is 2.05. The van der Waals surface area contributed by atoms with Crippen molar-refractivity contribution < 1.29 is 17.9 Å². The first kappa shape index (κ1) is 17.7. The fourth-order valence-corrected chi connectivity index (χ4v) is 4.96. The fraction of sp³-hybridized carbons (Fsp3) is 0.400. The summed E-state index contributed by atoms with van der Waals surface area (Å²) in [7, 11) is -1.41. The standard InChI is InChI=1S/C15H18N4O4S2/c1-23-13-4-2-12(3-5-13)19-10-16-18-15(19)24-8-14(20)17-11-6-7-25(21,22)9-11/h2-5,10-11H,6-9H2,1H3,(H,17,20)/t11-/m0/s1. The zero-order chi connectivity index (χ0) is 17.9. The predicted octanol–water partition coefficient (Wildman–Crippen LogP) is 0.671. The van der Waals surface area contributed by atoms with Gasteiger partial charge in [-0.05, 0) is 30.7 Å². The summed E-state index contributed by atoms with van der Waals surface area (Å²) < 4.78 is 29.8. The molecule has 1 N–H and O–H groups in total. The first-order chi connectivity index (χ1) is 12.0. The molecule has 2 aromatic rings. The van der Waals surface area contributed by atoms with E-state index in [1.807, 2.05) is 24.3 Å². The minimum absolute atomic E-state index is 0.0193. The van der Waals surface area contributed by atoms with Crippen LogP contribution < -0.4 is 10.1 Å². The van der Waals surface area contributed by atoms with E-state index >= 15 is 0 Å². The van der Waals surface area contributed by atoms with E-state index < -0.39 is 9.84 Å². The lowest BCUT2D eigenvalue weighted by molar-refractivity contribution is -0.119. The van der Waals surface area contributed by atoms with E-state index in [1.165, 1.54) is 11.8 Å². The largest absolute Gasteiger partial charge is 0.497 e. The van der Waals surface area contributed by atoms with Crippen LogP contribution in [0.5, 0.6) is 5.75 Å². The van der Waals surface area contributed by atoms with E-state index in [0.717, 1.165) is 11.4 Å². The number of amides is 1. The lowest BCUT2D eigenvalue weighted by Crippen LogP contribution is -2.36. The van der Waals surface area contributed by atoms with Crippen molar-refractivity contribution in [3.05, 3.63) is 30.6 Å². The number of benzene rings is 1. The Kier molecular flexibility index (Phi) is 5.28. The summed E-state index contributed by atoms with van der Waals surface area (Å²) in [6.45, 7) is 0. The number of aromatic nitrogens is 3. The molecule has 0 bridgehead atoms. The molecule has 0 unspecified atom stereocenters. The third-order valence-electron chi connectivity index (χ3n) is 3.80. The molecule has 1 aliphatic heterocycles. The van der Waals surface area contributed by atoms with Gasteiger partial charge in [0.2, 0.25) is 5.91 Å². The number of carbonyl (C=O) groups is 1. The summed E-state index contributed by atoms with van der Waals surface area (Å²) in [6, 6.07) is 7.11. The van der Waals surface area contributed by atoms with Gasteiger partial charge in [-0.25, -0.2) is 8.42 Å². The lowest BCUT2D eigenvalue weighted by Gasteiger charge is -2.11. The number of hydrogen-bond acceptors (Lipinski definition) is 7. The van der Waals surface area contributed by atoms with E-state index in [4.69, 9.17) is 4.74 Å². The van der Waals surface area contributed by atoms with Gasteiger partial charge < -0.3 is 10.1 Å². The molecule has 1 atom stereocenters. The zero-order valence-corrected chi connectivity index (χ0v) is 15.2. The Morgan fingerprint density at radius 2 is 2.16 bits per heavy atom. The molecule has 8 nitrogen and oxygen atoms in total. The van der Waals surface area contributed by atoms with Crippen molar-refractivity contribution in [1.29, 1.82) is 0 Å². The average Bonchev–Trinajstić information content (AvgIpc) is 3.19. The second-order valence-corrected chi connectivity index (χ2v) is 8.81. The second kappa shape index (κ2) is 7.44. The monoisotopic (exact) mass is 382 g/mol. The molecule has 134 valence electrons. The molecule has 10 heteroatoms. The highest BCUT2D eigenvalue weighted by Gasteiger charge is 2.28. The predicted molar refractivity (Wildman–Crippen MR) is 93.8 cm³/mol. The fourth-order valence-electron chi connectivity index (χ4n) is 2.55. The van der Waals surface area contributed by atoms with Gasteiger partial charge in [0.15, 0.2) is 15.0 Å². The van der Waals surface area contributed by atoms with Crippen LogP contribution in [0.3, 0.4) is 0 Å². The number of nitrogens with zero attached hydrogens (tertiary/aromatic N) is 3. The number of rotatable bonds is 6. The molecule has 3 rings (SSSR count). The summed E-state index contributed by atoms with van der Waals surface area (Å²) >= 11 is 1.25. The van der Waals surface area contributed by atoms with Gasteiger partial charge in [-0.2, -0.15) is 0 Å². The maximum atomic E-state index is 12.0. The Labute approximate surface area is 149 Å². The topological polar surface area (TPSA) is 103 Å². The van der Waals surface area contributed by atoms with Crippen LogP contribution in [-0.4, -0.2) is 59.5 Å². The van der Waals surface area contributed by atoms with Crippen LogP contribution in [0.4, 0.5) is 0 Å². The molecule has 1 saturated heterocycles. The summed E-state index contributed by atoms with van der Waals surface area (Å²) in [5, 5.41) is 11.3. The highest BCUT2D eigenvalue weighted by molar-refractivity contribution is 7.99. The average molecular weight is 382 g/mol. The Morgan fingerprint density at radius 3 is 2.80 bits per heavy atom. The van der Waals surface area contributed by atoms with E-state index in [0.29, 0.717) is 11.6 Å². The van der Waals surface area contributed by atoms with Crippen molar-refractivity contribution >= 4 is 27.5 Å². The van der Waals surface area contributed by atoms with Gasteiger partial charge in [-0.3, -0.25) is 9.36 Å². The van der Waals surface area contributed by atoms with Crippen LogP contribution in [0.1, 0.15) is 6.42 Å². The number of hydrogen-bond donors (Lipinski definition) is 1. The van der Waals surface area contributed by atoms with Gasteiger partial charge >= 0.3 is 0 Å². The number of nitrogens with one attached hydrogen (secondary N) is 1. The van der Waals surface area contributed by atoms with Crippen LogP contribution in [0.15, 0.2) is 35.7 Å². The molecule has 0 spiro atoms. The van der Waals surface area contributed by atoms with Gasteiger partial charge in [-0.1, -0.05) is 11.8 Å². The maximum absolute atomic E-state index is 12.0. The quantitative estimate of drug-likeness (QED) is 0.733. The normalized spacial score (nSPS) is 18.8. The SMILES string of the molecule is COc1ccc(-n2cnnc2SCC(=O)N[C@H]2CCS(=O)(=O)C2)cc1. The zero-order valence-electron chi connectivity index (χ0n) is 13.6. The molecule has 1 aromatic heterocycles. The second-order valence-electron chi connectivity index (χ2n) is 5.64. The van der Waals surface area contributed by atoms with Crippen molar-refractivity contribution in [2.45, 2.75) is 17.6 Å². The molecule has 2 heterocycles. The molecule has 1 aromatic carbocycles. The number of methoxy groups -OCH3 is 1. The third-order valence-corrected chi connectivity index (χ3v) is 6.51. The molecular weight excluding hydrogens is 364 g/mol. The highest BCUT2D eigenvalue weighted by atomic mass is 32.2. The lowest BCUT2D eigenvalue weighted by atomic mass is 10.3. The molecule has 0 aliphatic carbocycles.